The van der Waals surface area contributed by atoms with Crippen LogP contribution in [-0.4, -0.2) is 42.7 Å². The van der Waals surface area contributed by atoms with E-state index in [4.69, 9.17) is 19.2 Å². The molecule has 142 valence electrons. The number of aromatic nitrogens is 2. The summed E-state index contributed by atoms with van der Waals surface area (Å²) in [7, 11) is 3.15. The molecule has 2 aromatic carbocycles. The van der Waals surface area contributed by atoms with Crippen molar-refractivity contribution >= 4 is 22.7 Å². The number of hydrogen-bond donors (Lipinski definition) is 0. The topological polar surface area (TPSA) is 62.6 Å². The van der Waals surface area contributed by atoms with Gasteiger partial charge in [-0.25, -0.2) is 4.98 Å². The first kappa shape index (κ1) is 19.3. The standard InChI is InChI=1S/C20H22N2O4S/c1-4-26-11-12-27-20-21-16-8-6-5-7-15(16)19(23)22(20)14-9-10-17(24-2)18(13-14)25-3/h5-10,13H,4,11-12H2,1-3H3. The Labute approximate surface area is 162 Å². The summed E-state index contributed by atoms with van der Waals surface area (Å²) in [6, 6.07) is 12.7. The quantitative estimate of drug-likeness (QED) is 0.335. The van der Waals surface area contributed by atoms with Gasteiger partial charge in [-0.2, -0.15) is 0 Å². The predicted molar refractivity (Wildman–Crippen MR) is 108 cm³/mol. The van der Waals surface area contributed by atoms with Gasteiger partial charge in [0.15, 0.2) is 16.7 Å². The Morgan fingerprint density at radius 1 is 1.07 bits per heavy atom. The second-order valence-electron chi connectivity index (χ2n) is 5.64. The van der Waals surface area contributed by atoms with Gasteiger partial charge in [0.25, 0.3) is 5.56 Å². The number of benzene rings is 2. The van der Waals surface area contributed by atoms with Gasteiger partial charge in [0.2, 0.25) is 0 Å². The Kier molecular flexibility index (Phi) is 6.36. The summed E-state index contributed by atoms with van der Waals surface area (Å²) in [6.07, 6.45) is 0. The molecule has 1 heterocycles. The number of ether oxygens (including phenoxy) is 3. The van der Waals surface area contributed by atoms with Crippen molar-refractivity contribution in [2.75, 3.05) is 33.2 Å². The van der Waals surface area contributed by atoms with E-state index in [-0.39, 0.29) is 5.56 Å². The Bertz CT molecular complexity index is 987. The van der Waals surface area contributed by atoms with Crippen LogP contribution in [0.15, 0.2) is 52.4 Å². The van der Waals surface area contributed by atoms with Crippen molar-refractivity contribution in [1.82, 2.24) is 9.55 Å². The molecule has 0 radical (unpaired) electrons. The number of fused-ring (bicyclic) bond motifs is 1. The Hall–Kier alpha value is -2.51. The number of thioether (sulfide) groups is 1. The predicted octanol–water partition coefficient (Wildman–Crippen LogP) is 3.53. The minimum atomic E-state index is -0.119. The monoisotopic (exact) mass is 386 g/mol. The average Bonchev–Trinajstić information content (AvgIpc) is 2.71. The number of nitrogens with zero attached hydrogens (tertiary/aromatic N) is 2. The summed E-state index contributed by atoms with van der Waals surface area (Å²) in [6.45, 7) is 3.21. The van der Waals surface area contributed by atoms with Crippen molar-refractivity contribution in [2.45, 2.75) is 12.1 Å². The molecule has 0 unspecified atom stereocenters. The van der Waals surface area contributed by atoms with Crippen LogP contribution in [0.3, 0.4) is 0 Å². The van der Waals surface area contributed by atoms with E-state index in [1.165, 1.54) is 11.8 Å². The summed E-state index contributed by atoms with van der Waals surface area (Å²) in [5, 5.41) is 1.19. The highest BCUT2D eigenvalue weighted by Gasteiger charge is 2.15. The van der Waals surface area contributed by atoms with E-state index in [2.05, 4.69) is 0 Å². The summed E-state index contributed by atoms with van der Waals surface area (Å²) in [4.78, 5) is 17.9. The fourth-order valence-corrected chi connectivity index (χ4v) is 3.60. The van der Waals surface area contributed by atoms with Crippen molar-refractivity contribution in [1.29, 1.82) is 0 Å². The first-order valence-corrected chi connectivity index (χ1v) is 9.63. The van der Waals surface area contributed by atoms with Crippen LogP contribution in [0.25, 0.3) is 16.6 Å². The smallest absolute Gasteiger partial charge is 0.266 e. The summed E-state index contributed by atoms with van der Waals surface area (Å²) < 4.78 is 17.7. The molecule has 0 aliphatic heterocycles. The van der Waals surface area contributed by atoms with Crippen molar-refractivity contribution in [3.05, 3.63) is 52.8 Å². The zero-order valence-electron chi connectivity index (χ0n) is 15.6. The van der Waals surface area contributed by atoms with Crippen LogP contribution in [0.1, 0.15) is 6.92 Å². The fourth-order valence-electron chi connectivity index (χ4n) is 2.74. The summed E-state index contributed by atoms with van der Waals surface area (Å²) in [5.41, 5.74) is 1.24. The van der Waals surface area contributed by atoms with Crippen molar-refractivity contribution < 1.29 is 14.2 Å². The molecule has 0 fully saturated rings. The molecule has 3 aromatic rings. The largest absolute Gasteiger partial charge is 0.493 e. The molecular weight excluding hydrogens is 364 g/mol. The molecule has 0 amide bonds. The molecule has 27 heavy (non-hydrogen) atoms. The number of methoxy groups -OCH3 is 2. The zero-order chi connectivity index (χ0) is 19.2. The Morgan fingerprint density at radius 2 is 1.85 bits per heavy atom. The maximum absolute atomic E-state index is 13.2. The van der Waals surface area contributed by atoms with Crippen molar-refractivity contribution in [3.63, 3.8) is 0 Å². The Balaban J connectivity index is 2.14. The molecule has 1 aromatic heterocycles. The van der Waals surface area contributed by atoms with Gasteiger partial charge in [-0.1, -0.05) is 23.9 Å². The van der Waals surface area contributed by atoms with Crippen LogP contribution in [0, 0.1) is 0 Å². The fraction of sp³-hybridized carbons (Fsp3) is 0.300. The maximum Gasteiger partial charge on any atom is 0.266 e. The molecule has 6 nitrogen and oxygen atoms in total. The molecule has 0 bridgehead atoms. The highest BCUT2D eigenvalue weighted by molar-refractivity contribution is 7.99. The molecule has 0 aliphatic carbocycles. The van der Waals surface area contributed by atoms with Crippen LogP contribution in [0.5, 0.6) is 11.5 Å². The lowest BCUT2D eigenvalue weighted by atomic mass is 10.2. The molecule has 0 N–H and O–H groups in total. The van der Waals surface area contributed by atoms with E-state index in [1.54, 1.807) is 37.0 Å². The van der Waals surface area contributed by atoms with E-state index in [0.29, 0.717) is 52.2 Å². The molecule has 0 aliphatic rings. The minimum absolute atomic E-state index is 0.119. The van der Waals surface area contributed by atoms with Gasteiger partial charge in [-0.05, 0) is 31.2 Å². The molecule has 0 spiro atoms. The van der Waals surface area contributed by atoms with Gasteiger partial charge in [0.1, 0.15) is 0 Å². The summed E-state index contributed by atoms with van der Waals surface area (Å²) in [5.74, 6) is 1.86. The second-order valence-corrected chi connectivity index (χ2v) is 6.70. The van der Waals surface area contributed by atoms with Gasteiger partial charge in [0.05, 0.1) is 37.4 Å². The van der Waals surface area contributed by atoms with E-state index < -0.39 is 0 Å². The highest BCUT2D eigenvalue weighted by atomic mass is 32.2. The first-order valence-electron chi connectivity index (χ1n) is 8.64. The summed E-state index contributed by atoms with van der Waals surface area (Å²) >= 11 is 1.49. The van der Waals surface area contributed by atoms with Crippen LogP contribution >= 0.6 is 11.8 Å². The SMILES string of the molecule is CCOCCSc1nc2ccccc2c(=O)n1-c1ccc(OC)c(OC)c1. The van der Waals surface area contributed by atoms with Crippen LogP contribution in [0.2, 0.25) is 0 Å². The number of hydrogen-bond acceptors (Lipinski definition) is 6. The average molecular weight is 386 g/mol. The molecule has 0 saturated heterocycles. The zero-order valence-corrected chi connectivity index (χ0v) is 16.4. The van der Waals surface area contributed by atoms with Crippen molar-refractivity contribution in [2.24, 2.45) is 0 Å². The van der Waals surface area contributed by atoms with Crippen LogP contribution in [-0.2, 0) is 4.74 Å². The van der Waals surface area contributed by atoms with E-state index in [9.17, 15) is 4.79 Å². The van der Waals surface area contributed by atoms with E-state index >= 15 is 0 Å². The molecule has 0 atom stereocenters. The lowest BCUT2D eigenvalue weighted by molar-refractivity contribution is 0.164. The highest BCUT2D eigenvalue weighted by Crippen LogP contribution is 2.30. The lowest BCUT2D eigenvalue weighted by Crippen LogP contribution is -2.22. The first-order chi connectivity index (χ1) is 13.2. The number of para-hydroxylation sites is 1. The molecule has 7 heteroatoms. The number of rotatable bonds is 8. The van der Waals surface area contributed by atoms with Crippen molar-refractivity contribution in [3.8, 4) is 17.2 Å². The molecule has 0 saturated carbocycles. The third-order valence-electron chi connectivity index (χ3n) is 4.03. The molecular formula is C20H22N2O4S. The minimum Gasteiger partial charge on any atom is -0.493 e. The van der Waals surface area contributed by atoms with Gasteiger partial charge in [-0.15, -0.1) is 0 Å². The van der Waals surface area contributed by atoms with Crippen LogP contribution < -0.4 is 15.0 Å². The van der Waals surface area contributed by atoms with Gasteiger partial charge in [0, 0.05) is 18.4 Å². The van der Waals surface area contributed by atoms with Crippen LogP contribution in [0.4, 0.5) is 0 Å². The second kappa shape index (κ2) is 8.92. The van der Waals surface area contributed by atoms with Gasteiger partial charge in [-0.3, -0.25) is 9.36 Å². The normalized spacial score (nSPS) is 10.9. The molecule has 3 rings (SSSR count). The third-order valence-corrected chi connectivity index (χ3v) is 4.94. The van der Waals surface area contributed by atoms with Gasteiger partial charge >= 0.3 is 0 Å². The van der Waals surface area contributed by atoms with Gasteiger partial charge < -0.3 is 14.2 Å². The van der Waals surface area contributed by atoms with E-state index in [1.807, 2.05) is 31.2 Å². The van der Waals surface area contributed by atoms with E-state index in [0.717, 1.165) is 0 Å². The third kappa shape index (κ3) is 4.09. The maximum atomic E-state index is 13.2. The lowest BCUT2D eigenvalue weighted by Gasteiger charge is -2.15. The Morgan fingerprint density at radius 3 is 2.59 bits per heavy atom.